The number of esters is 1. The number of ether oxygens (including phenoxy) is 1. The normalized spacial score (nSPS) is 35.5. The first-order chi connectivity index (χ1) is 6.58. The van der Waals surface area contributed by atoms with Crippen molar-refractivity contribution in [3.8, 4) is 0 Å². The minimum absolute atomic E-state index is 0.154. The summed E-state index contributed by atoms with van der Waals surface area (Å²) in [6.07, 6.45) is 6.30. The fraction of sp³-hybridized carbons (Fsp3) is 0.727. The minimum Gasteiger partial charge on any atom is -0.469 e. The zero-order valence-corrected chi connectivity index (χ0v) is 8.82. The molecule has 2 atom stereocenters. The lowest BCUT2D eigenvalue weighted by Crippen LogP contribution is -2.29. The fourth-order valence-corrected chi connectivity index (χ4v) is 1.82. The standard InChI is InChI=1S/C11H18O3/c1-11(10(13)14-2)7-3-5-9(12)6-4-8-11/h3,5,9,12H,4,6-8H2,1-2H3/b5-3+. The molecule has 0 radical (unpaired) electrons. The van der Waals surface area contributed by atoms with Crippen LogP contribution in [-0.4, -0.2) is 24.3 Å². The quantitative estimate of drug-likeness (QED) is 0.515. The van der Waals surface area contributed by atoms with E-state index in [1.54, 1.807) is 6.08 Å². The van der Waals surface area contributed by atoms with Gasteiger partial charge in [-0.2, -0.15) is 0 Å². The predicted octanol–water partition coefficient (Wildman–Crippen LogP) is 1.66. The van der Waals surface area contributed by atoms with Crippen LogP contribution in [0.2, 0.25) is 0 Å². The van der Waals surface area contributed by atoms with Crippen molar-refractivity contribution in [3.63, 3.8) is 0 Å². The van der Waals surface area contributed by atoms with Gasteiger partial charge in [-0.3, -0.25) is 4.79 Å². The van der Waals surface area contributed by atoms with Crippen molar-refractivity contribution in [1.29, 1.82) is 0 Å². The molecule has 1 aliphatic rings. The number of rotatable bonds is 1. The Kier molecular flexibility index (Phi) is 3.69. The molecule has 0 aromatic heterocycles. The third kappa shape index (κ3) is 2.58. The van der Waals surface area contributed by atoms with Crippen molar-refractivity contribution in [2.45, 2.75) is 38.7 Å². The molecule has 0 aromatic carbocycles. The zero-order valence-electron chi connectivity index (χ0n) is 8.82. The first-order valence-electron chi connectivity index (χ1n) is 5.01. The molecule has 3 heteroatoms. The molecule has 14 heavy (non-hydrogen) atoms. The summed E-state index contributed by atoms with van der Waals surface area (Å²) in [6.45, 7) is 1.92. The van der Waals surface area contributed by atoms with E-state index in [4.69, 9.17) is 4.74 Å². The third-order valence-corrected chi connectivity index (χ3v) is 2.83. The van der Waals surface area contributed by atoms with Gasteiger partial charge >= 0.3 is 5.97 Å². The molecule has 1 N–H and O–H groups in total. The van der Waals surface area contributed by atoms with E-state index in [-0.39, 0.29) is 12.1 Å². The summed E-state index contributed by atoms with van der Waals surface area (Å²) < 4.78 is 4.78. The molecule has 1 aliphatic carbocycles. The van der Waals surface area contributed by atoms with Gasteiger partial charge in [0.05, 0.1) is 18.6 Å². The van der Waals surface area contributed by atoms with Crippen molar-refractivity contribution >= 4 is 5.97 Å². The average Bonchev–Trinajstić information content (AvgIpc) is 2.14. The van der Waals surface area contributed by atoms with E-state index >= 15 is 0 Å². The van der Waals surface area contributed by atoms with Crippen LogP contribution in [0.3, 0.4) is 0 Å². The van der Waals surface area contributed by atoms with E-state index < -0.39 is 5.41 Å². The van der Waals surface area contributed by atoms with Gasteiger partial charge in [-0.15, -0.1) is 0 Å². The Morgan fingerprint density at radius 2 is 2.36 bits per heavy atom. The molecule has 0 saturated heterocycles. The number of hydrogen-bond donors (Lipinski definition) is 1. The lowest BCUT2D eigenvalue weighted by molar-refractivity contribution is -0.152. The summed E-state index contributed by atoms with van der Waals surface area (Å²) in [6, 6.07) is 0. The van der Waals surface area contributed by atoms with Crippen LogP contribution in [0, 0.1) is 5.41 Å². The lowest BCUT2D eigenvalue weighted by atomic mass is 9.80. The Hall–Kier alpha value is -0.830. The number of hydrogen-bond acceptors (Lipinski definition) is 3. The van der Waals surface area contributed by atoms with E-state index in [1.807, 2.05) is 13.0 Å². The summed E-state index contributed by atoms with van der Waals surface area (Å²) in [5.41, 5.74) is -0.411. The molecule has 2 unspecified atom stereocenters. The molecule has 0 fully saturated rings. The number of methoxy groups -OCH3 is 1. The molecule has 0 heterocycles. The van der Waals surface area contributed by atoms with Gasteiger partial charge in [0.25, 0.3) is 0 Å². The Balaban J connectivity index is 2.70. The molecule has 0 spiro atoms. The number of carbonyl (C=O) groups excluding carboxylic acids is 1. The van der Waals surface area contributed by atoms with Crippen molar-refractivity contribution in [2.75, 3.05) is 7.11 Å². The van der Waals surface area contributed by atoms with Crippen molar-refractivity contribution in [1.82, 2.24) is 0 Å². The van der Waals surface area contributed by atoms with Gasteiger partial charge in [-0.25, -0.2) is 0 Å². The van der Waals surface area contributed by atoms with Crippen LogP contribution < -0.4 is 0 Å². The first-order valence-corrected chi connectivity index (χ1v) is 5.01. The molecular weight excluding hydrogens is 180 g/mol. The Labute approximate surface area is 84.8 Å². The topological polar surface area (TPSA) is 46.5 Å². The average molecular weight is 198 g/mol. The second-order valence-corrected chi connectivity index (χ2v) is 4.14. The van der Waals surface area contributed by atoms with Crippen LogP contribution in [-0.2, 0) is 9.53 Å². The third-order valence-electron chi connectivity index (χ3n) is 2.83. The summed E-state index contributed by atoms with van der Waals surface area (Å²) in [5, 5.41) is 9.38. The summed E-state index contributed by atoms with van der Waals surface area (Å²) in [4.78, 5) is 11.5. The van der Waals surface area contributed by atoms with Gasteiger partial charge in [0.15, 0.2) is 0 Å². The molecular formula is C11H18O3. The molecule has 3 nitrogen and oxygen atoms in total. The van der Waals surface area contributed by atoms with E-state index in [0.717, 1.165) is 19.3 Å². The summed E-state index contributed by atoms with van der Waals surface area (Å²) >= 11 is 0. The molecule has 0 amide bonds. The molecule has 0 bridgehead atoms. The van der Waals surface area contributed by atoms with Crippen LogP contribution in [0.4, 0.5) is 0 Å². The second kappa shape index (κ2) is 4.60. The summed E-state index contributed by atoms with van der Waals surface area (Å²) in [7, 11) is 1.42. The first kappa shape index (κ1) is 11.2. The van der Waals surface area contributed by atoms with Gasteiger partial charge in [-0.05, 0) is 32.6 Å². The maximum absolute atomic E-state index is 11.5. The molecule has 0 aliphatic heterocycles. The van der Waals surface area contributed by atoms with E-state index in [0.29, 0.717) is 6.42 Å². The Morgan fingerprint density at radius 1 is 1.64 bits per heavy atom. The number of aliphatic hydroxyl groups excluding tert-OH is 1. The maximum Gasteiger partial charge on any atom is 0.311 e. The number of allylic oxidation sites excluding steroid dienone is 1. The number of aliphatic hydroxyl groups is 1. The molecule has 0 saturated carbocycles. The summed E-state index contributed by atoms with van der Waals surface area (Å²) in [5.74, 6) is -0.154. The van der Waals surface area contributed by atoms with Gasteiger partial charge in [-0.1, -0.05) is 12.2 Å². The maximum atomic E-state index is 11.5. The Morgan fingerprint density at radius 3 is 3.00 bits per heavy atom. The predicted molar refractivity (Wildman–Crippen MR) is 53.7 cm³/mol. The zero-order chi connectivity index (χ0) is 10.6. The van der Waals surface area contributed by atoms with Gasteiger partial charge < -0.3 is 9.84 Å². The van der Waals surface area contributed by atoms with Crippen molar-refractivity contribution in [3.05, 3.63) is 12.2 Å². The van der Waals surface area contributed by atoms with Crippen molar-refractivity contribution in [2.24, 2.45) is 5.41 Å². The van der Waals surface area contributed by atoms with E-state index in [1.165, 1.54) is 7.11 Å². The number of carbonyl (C=O) groups is 1. The molecule has 1 rings (SSSR count). The lowest BCUT2D eigenvalue weighted by Gasteiger charge is -2.27. The fourth-order valence-electron chi connectivity index (χ4n) is 1.82. The van der Waals surface area contributed by atoms with Crippen LogP contribution in [0.15, 0.2) is 12.2 Å². The van der Waals surface area contributed by atoms with Crippen LogP contribution >= 0.6 is 0 Å². The molecule has 0 aromatic rings. The highest BCUT2D eigenvalue weighted by molar-refractivity contribution is 5.76. The monoisotopic (exact) mass is 198 g/mol. The highest BCUT2D eigenvalue weighted by atomic mass is 16.5. The smallest absolute Gasteiger partial charge is 0.311 e. The van der Waals surface area contributed by atoms with Gasteiger partial charge in [0, 0.05) is 0 Å². The van der Waals surface area contributed by atoms with Gasteiger partial charge in [0.1, 0.15) is 0 Å². The van der Waals surface area contributed by atoms with E-state index in [2.05, 4.69) is 0 Å². The minimum atomic E-state index is -0.411. The highest BCUT2D eigenvalue weighted by Crippen LogP contribution is 2.32. The largest absolute Gasteiger partial charge is 0.469 e. The highest BCUT2D eigenvalue weighted by Gasteiger charge is 2.33. The van der Waals surface area contributed by atoms with Crippen molar-refractivity contribution < 1.29 is 14.6 Å². The SMILES string of the molecule is COC(=O)C1(C)C/C=C/C(O)CCC1. The van der Waals surface area contributed by atoms with Crippen LogP contribution in [0.1, 0.15) is 32.6 Å². The van der Waals surface area contributed by atoms with Crippen LogP contribution in [0.5, 0.6) is 0 Å². The Bertz CT molecular complexity index is 235. The van der Waals surface area contributed by atoms with Crippen LogP contribution in [0.25, 0.3) is 0 Å². The molecule has 80 valence electrons. The van der Waals surface area contributed by atoms with E-state index in [9.17, 15) is 9.90 Å². The second-order valence-electron chi connectivity index (χ2n) is 4.14. The van der Waals surface area contributed by atoms with Gasteiger partial charge in [0.2, 0.25) is 0 Å².